The zero-order valence-electron chi connectivity index (χ0n) is 12.4. The Balaban J connectivity index is 3.48. The van der Waals surface area contributed by atoms with Crippen LogP contribution in [0.1, 0.15) is 47.0 Å². The van der Waals surface area contributed by atoms with E-state index >= 15 is 0 Å². The van der Waals surface area contributed by atoms with Gasteiger partial charge >= 0.3 is 0 Å². The zero-order valence-corrected chi connectivity index (χ0v) is 12.4. The van der Waals surface area contributed by atoms with Gasteiger partial charge < -0.3 is 15.4 Å². The Morgan fingerprint density at radius 1 is 1.12 bits per heavy atom. The normalized spacial score (nSPS) is 15.5. The van der Waals surface area contributed by atoms with Gasteiger partial charge in [-0.05, 0) is 46.6 Å². The van der Waals surface area contributed by atoms with Crippen molar-refractivity contribution in [2.24, 2.45) is 11.7 Å². The monoisotopic (exact) mass is 244 g/mol. The highest BCUT2D eigenvalue weighted by molar-refractivity contribution is 4.61. The SMILES string of the molecule is CC(N)CCCC(C)CN(C)CCOC(C)C. The van der Waals surface area contributed by atoms with Crippen molar-refractivity contribution in [1.82, 2.24) is 4.90 Å². The van der Waals surface area contributed by atoms with E-state index in [1.165, 1.54) is 12.8 Å². The van der Waals surface area contributed by atoms with Crippen LogP contribution in [0.5, 0.6) is 0 Å². The molecular weight excluding hydrogens is 212 g/mol. The molecule has 0 fully saturated rings. The lowest BCUT2D eigenvalue weighted by molar-refractivity contribution is 0.0614. The first kappa shape index (κ1) is 16.9. The number of hydrogen-bond donors (Lipinski definition) is 1. The third kappa shape index (κ3) is 12.1. The lowest BCUT2D eigenvalue weighted by Gasteiger charge is -2.22. The maximum atomic E-state index is 5.75. The van der Waals surface area contributed by atoms with E-state index in [1.54, 1.807) is 0 Å². The van der Waals surface area contributed by atoms with Crippen molar-refractivity contribution in [3.63, 3.8) is 0 Å². The molecule has 3 nitrogen and oxygen atoms in total. The first-order valence-corrected chi connectivity index (χ1v) is 6.97. The van der Waals surface area contributed by atoms with E-state index in [0.29, 0.717) is 12.1 Å². The van der Waals surface area contributed by atoms with Gasteiger partial charge in [-0.15, -0.1) is 0 Å². The summed E-state index contributed by atoms with van der Waals surface area (Å²) in [5.41, 5.74) is 5.75. The van der Waals surface area contributed by atoms with E-state index in [0.717, 1.165) is 32.0 Å². The Labute approximate surface area is 108 Å². The van der Waals surface area contributed by atoms with Gasteiger partial charge in [0.05, 0.1) is 12.7 Å². The number of nitrogens with zero attached hydrogens (tertiary/aromatic N) is 1. The third-order valence-corrected chi connectivity index (χ3v) is 2.90. The summed E-state index contributed by atoms with van der Waals surface area (Å²) in [5, 5.41) is 0. The number of nitrogens with two attached hydrogens (primary N) is 1. The zero-order chi connectivity index (χ0) is 13.3. The summed E-state index contributed by atoms with van der Waals surface area (Å²) >= 11 is 0. The van der Waals surface area contributed by atoms with Crippen molar-refractivity contribution in [2.45, 2.75) is 59.1 Å². The Morgan fingerprint density at radius 2 is 1.76 bits per heavy atom. The second-order valence-corrected chi connectivity index (χ2v) is 5.70. The molecule has 0 aromatic rings. The third-order valence-electron chi connectivity index (χ3n) is 2.90. The molecule has 0 heterocycles. The molecule has 0 bridgehead atoms. The molecule has 2 unspecified atom stereocenters. The molecular formula is C14H32N2O. The minimum Gasteiger partial charge on any atom is -0.377 e. The van der Waals surface area contributed by atoms with E-state index in [4.69, 9.17) is 10.5 Å². The van der Waals surface area contributed by atoms with Crippen LogP contribution in [0.15, 0.2) is 0 Å². The molecule has 3 heteroatoms. The van der Waals surface area contributed by atoms with Crippen LogP contribution in [0.2, 0.25) is 0 Å². The highest BCUT2D eigenvalue weighted by atomic mass is 16.5. The summed E-state index contributed by atoms with van der Waals surface area (Å²) in [5.74, 6) is 0.748. The first-order chi connectivity index (χ1) is 7.91. The van der Waals surface area contributed by atoms with Gasteiger partial charge in [-0.25, -0.2) is 0 Å². The summed E-state index contributed by atoms with van der Waals surface area (Å²) < 4.78 is 5.55. The summed E-state index contributed by atoms with van der Waals surface area (Å²) in [7, 11) is 2.17. The molecule has 2 N–H and O–H groups in total. The van der Waals surface area contributed by atoms with E-state index in [9.17, 15) is 0 Å². The quantitative estimate of drug-likeness (QED) is 0.642. The summed E-state index contributed by atoms with van der Waals surface area (Å²) in [4.78, 5) is 2.36. The Morgan fingerprint density at radius 3 is 2.29 bits per heavy atom. The predicted molar refractivity (Wildman–Crippen MR) is 75.2 cm³/mol. The fourth-order valence-electron chi connectivity index (χ4n) is 1.95. The van der Waals surface area contributed by atoms with Crippen LogP contribution < -0.4 is 5.73 Å². The number of rotatable bonds is 10. The minimum absolute atomic E-state index is 0.340. The average molecular weight is 244 g/mol. The van der Waals surface area contributed by atoms with Gasteiger partial charge in [0.25, 0.3) is 0 Å². The molecule has 0 spiro atoms. The van der Waals surface area contributed by atoms with E-state index in [-0.39, 0.29) is 0 Å². The van der Waals surface area contributed by atoms with Crippen LogP contribution in [0.4, 0.5) is 0 Å². The molecule has 0 saturated heterocycles. The van der Waals surface area contributed by atoms with Crippen LogP contribution >= 0.6 is 0 Å². The van der Waals surface area contributed by atoms with Crippen LogP contribution in [-0.2, 0) is 4.74 Å². The molecule has 0 aliphatic carbocycles. The van der Waals surface area contributed by atoms with Crippen LogP contribution in [0.3, 0.4) is 0 Å². The Bertz CT molecular complexity index is 154. The van der Waals surface area contributed by atoms with Gasteiger partial charge in [-0.1, -0.05) is 13.3 Å². The molecule has 0 saturated carbocycles. The highest BCUT2D eigenvalue weighted by Gasteiger charge is 2.07. The van der Waals surface area contributed by atoms with Gasteiger partial charge in [0, 0.05) is 19.1 Å². The lowest BCUT2D eigenvalue weighted by atomic mass is 10.0. The van der Waals surface area contributed by atoms with Crippen LogP contribution in [-0.4, -0.2) is 43.8 Å². The summed E-state index contributed by atoms with van der Waals surface area (Å²) in [6, 6.07) is 0.347. The number of hydrogen-bond acceptors (Lipinski definition) is 3. The first-order valence-electron chi connectivity index (χ1n) is 6.97. The molecule has 0 aliphatic rings. The van der Waals surface area contributed by atoms with Gasteiger partial charge in [-0.3, -0.25) is 0 Å². The molecule has 17 heavy (non-hydrogen) atoms. The molecule has 2 atom stereocenters. The van der Waals surface area contributed by atoms with E-state index in [1.807, 2.05) is 0 Å². The largest absolute Gasteiger partial charge is 0.377 e. The molecule has 0 amide bonds. The number of ether oxygens (including phenoxy) is 1. The fourth-order valence-corrected chi connectivity index (χ4v) is 1.95. The van der Waals surface area contributed by atoms with Crippen molar-refractivity contribution >= 4 is 0 Å². The van der Waals surface area contributed by atoms with Crippen LogP contribution in [0, 0.1) is 5.92 Å². The molecule has 0 radical (unpaired) electrons. The van der Waals surface area contributed by atoms with Gasteiger partial charge in [0.1, 0.15) is 0 Å². The van der Waals surface area contributed by atoms with Crippen molar-refractivity contribution in [3.8, 4) is 0 Å². The molecule has 0 aromatic heterocycles. The molecule has 0 aliphatic heterocycles. The van der Waals surface area contributed by atoms with Gasteiger partial charge in [0.15, 0.2) is 0 Å². The van der Waals surface area contributed by atoms with Crippen molar-refractivity contribution in [1.29, 1.82) is 0 Å². The fraction of sp³-hybridized carbons (Fsp3) is 1.00. The average Bonchev–Trinajstić information content (AvgIpc) is 2.15. The summed E-state index contributed by atoms with van der Waals surface area (Å²) in [6.45, 7) is 11.6. The molecule has 104 valence electrons. The second kappa shape index (κ2) is 9.86. The second-order valence-electron chi connectivity index (χ2n) is 5.70. The van der Waals surface area contributed by atoms with Crippen LogP contribution in [0.25, 0.3) is 0 Å². The highest BCUT2D eigenvalue weighted by Crippen LogP contribution is 2.10. The standard InChI is InChI=1S/C14H32N2O/c1-12(2)17-10-9-16(5)11-13(3)7-6-8-14(4)15/h12-14H,6-11,15H2,1-5H3. The maximum absolute atomic E-state index is 5.75. The molecule has 0 aromatic carbocycles. The minimum atomic E-state index is 0.340. The lowest BCUT2D eigenvalue weighted by Crippen LogP contribution is -2.29. The topological polar surface area (TPSA) is 38.5 Å². The van der Waals surface area contributed by atoms with Crippen molar-refractivity contribution in [2.75, 3.05) is 26.7 Å². The van der Waals surface area contributed by atoms with E-state index in [2.05, 4.69) is 39.6 Å². The smallest absolute Gasteiger partial charge is 0.0596 e. The Kier molecular flexibility index (Phi) is 9.79. The van der Waals surface area contributed by atoms with E-state index < -0.39 is 0 Å². The number of likely N-dealkylation sites (N-methyl/N-ethyl adjacent to an activating group) is 1. The van der Waals surface area contributed by atoms with Crippen molar-refractivity contribution in [3.05, 3.63) is 0 Å². The van der Waals surface area contributed by atoms with Gasteiger partial charge in [0.2, 0.25) is 0 Å². The van der Waals surface area contributed by atoms with Crippen molar-refractivity contribution < 1.29 is 4.74 Å². The predicted octanol–water partition coefficient (Wildman–Crippen LogP) is 2.50. The maximum Gasteiger partial charge on any atom is 0.0596 e. The van der Waals surface area contributed by atoms with Gasteiger partial charge in [-0.2, -0.15) is 0 Å². The molecule has 0 rings (SSSR count). The Hall–Kier alpha value is -0.120. The summed E-state index contributed by atoms with van der Waals surface area (Å²) in [6.07, 6.45) is 4.00.